The molecule has 10 heteroatoms. The van der Waals surface area contributed by atoms with Crippen molar-refractivity contribution in [3.05, 3.63) is 69.0 Å². The third-order valence-corrected chi connectivity index (χ3v) is 5.52. The molecule has 0 radical (unpaired) electrons. The van der Waals surface area contributed by atoms with Crippen LogP contribution >= 0.6 is 27.5 Å². The van der Waals surface area contributed by atoms with Gasteiger partial charge in [0.1, 0.15) is 0 Å². The first-order valence-corrected chi connectivity index (χ1v) is 10.7. The van der Waals surface area contributed by atoms with E-state index in [4.69, 9.17) is 16.0 Å². The molecule has 1 amide bonds. The van der Waals surface area contributed by atoms with Crippen LogP contribution in [0.25, 0.3) is 0 Å². The van der Waals surface area contributed by atoms with E-state index in [0.717, 1.165) is 11.8 Å². The zero-order chi connectivity index (χ0) is 19.6. The molecule has 140 valence electrons. The third kappa shape index (κ3) is 4.94. The smallest absolute Gasteiger partial charge is 0.322 e. The van der Waals surface area contributed by atoms with Crippen molar-refractivity contribution in [1.82, 2.24) is 10.2 Å². The van der Waals surface area contributed by atoms with Crippen LogP contribution in [0.2, 0.25) is 5.02 Å². The summed E-state index contributed by atoms with van der Waals surface area (Å²) in [6, 6.07) is 11.2. The predicted molar refractivity (Wildman–Crippen MR) is 104 cm³/mol. The Hall–Kier alpha value is -2.23. The first-order chi connectivity index (χ1) is 12.7. The third-order valence-electron chi connectivity index (χ3n) is 3.57. The van der Waals surface area contributed by atoms with Crippen LogP contribution in [0, 0.1) is 0 Å². The number of nitrogens with zero attached hydrogens (tertiary/aromatic N) is 2. The second-order valence-electron chi connectivity index (χ2n) is 5.67. The Morgan fingerprint density at radius 3 is 2.56 bits per heavy atom. The number of halogens is 2. The Labute approximate surface area is 168 Å². The molecule has 0 atom stereocenters. The number of amides is 1. The molecule has 0 aliphatic carbocycles. The number of rotatable bonds is 5. The van der Waals surface area contributed by atoms with Crippen LogP contribution < -0.4 is 5.32 Å². The molecule has 3 rings (SSSR count). The molecule has 0 unspecified atom stereocenters. The largest absolute Gasteiger partial charge is 0.407 e. The number of hydrogen-bond donors (Lipinski definition) is 1. The minimum Gasteiger partial charge on any atom is -0.407 e. The fourth-order valence-corrected chi connectivity index (χ4v) is 3.44. The number of benzene rings is 2. The number of hydrogen-bond acceptors (Lipinski definition) is 6. The van der Waals surface area contributed by atoms with E-state index in [1.807, 2.05) is 0 Å². The summed E-state index contributed by atoms with van der Waals surface area (Å²) in [5.74, 6) is -0.202. The number of carbonyl (C=O) groups excluding carboxylic acids is 1. The molecule has 1 N–H and O–H groups in total. The van der Waals surface area contributed by atoms with Gasteiger partial charge in [-0.2, -0.15) is 0 Å². The first-order valence-electron chi connectivity index (χ1n) is 7.60. The highest BCUT2D eigenvalue weighted by molar-refractivity contribution is 9.10. The van der Waals surface area contributed by atoms with Crippen LogP contribution in [0.4, 0.5) is 6.01 Å². The Kier molecular flexibility index (Phi) is 5.64. The van der Waals surface area contributed by atoms with Gasteiger partial charge in [0.15, 0.2) is 9.84 Å². The quantitative estimate of drug-likeness (QED) is 0.609. The molecule has 27 heavy (non-hydrogen) atoms. The molecule has 2 aromatic carbocycles. The van der Waals surface area contributed by atoms with E-state index in [1.165, 1.54) is 12.1 Å². The molecule has 1 aromatic heterocycles. The molecule has 0 aliphatic heterocycles. The average Bonchev–Trinajstić information content (AvgIpc) is 3.03. The highest BCUT2D eigenvalue weighted by Crippen LogP contribution is 2.22. The zero-order valence-electron chi connectivity index (χ0n) is 13.9. The summed E-state index contributed by atoms with van der Waals surface area (Å²) in [6.07, 6.45) is 1.44. The van der Waals surface area contributed by atoms with Gasteiger partial charge in [0.2, 0.25) is 5.89 Å². The Morgan fingerprint density at radius 1 is 1.19 bits per heavy atom. The van der Waals surface area contributed by atoms with Crippen molar-refractivity contribution in [2.45, 2.75) is 11.3 Å². The molecular weight excluding hydrogens is 458 g/mol. The van der Waals surface area contributed by atoms with E-state index in [0.29, 0.717) is 15.9 Å². The second-order valence-corrected chi connectivity index (χ2v) is 9.01. The van der Waals surface area contributed by atoms with Crippen molar-refractivity contribution >= 4 is 49.3 Å². The Bertz CT molecular complexity index is 1100. The lowest BCUT2D eigenvalue weighted by molar-refractivity contribution is 0.102. The van der Waals surface area contributed by atoms with Crippen molar-refractivity contribution in [1.29, 1.82) is 0 Å². The van der Waals surface area contributed by atoms with Gasteiger partial charge in [-0.05, 0) is 35.9 Å². The summed E-state index contributed by atoms with van der Waals surface area (Å²) in [5, 5.41) is 10.5. The van der Waals surface area contributed by atoms with Gasteiger partial charge in [-0.3, -0.25) is 10.1 Å². The van der Waals surface area contributed by atoms with E-state index in [1.54, 1.807) is 30.3 Å². The van der Waals surface area contributed by atoms with E-state index in [2.05, 4.69) is 31.4 Å². The average molecular weight is 471 g/mol. The van der Waals surface area contributed by atoms with E-state index in [-0.39, 0.29) is 22.4 Å². The van der Waals surface area contributed by atoms with Gasteiger partial charge in [0.05, 0.1) is 21.9 Å². The summed E-state index contributed by atoms with van der Waals surface area (Å²) in [6.45, 7) is 0. The highest BCUT2D eigenvalue weighted by atomic mass is 79.9. The number of carbonyl (C=O) groups is 1. The van der Waals surface area contributed by atoms with Crippen molar-refractivity contribution in [3.63, 3.8) is 0 Å². The van der Waals surface area contributed by atoms with Gasteiger partial charge in [-0.25, -0.2) is 8.42 Å². The summed E-state index contributed by atoms with van der Waals surface area (Å²) in [7, 11) is -3.25. The molecule has 7 nitrogen and oxygen atoms in total. The molecule has 0 spiro atoms. The van der Waals surface area contributed by atoms with E-state index < -0.39 is 15.7 Å². The fraction of sp³-hybridized carbons (Fsp3) is 0.118. The van der Waals surface area contributed by atoms with Gasteiger partial charge in [0, 0.05) is 10.7 Å². The lowest BCUT2D eigenvalue weighted by atomic mass is 10.1. The standard InChI is InChI=1S/C17H13BrClN3O4S/c1-27(24,25)12-5-2-10(3-6-12)8-15-21-22-17(26-15)20-16(23)13-9-11(18)4-7-14(13)19/h2-7,9H,8H2,1H3,(H,20,22,23). The van der Waals surface area contributed by atoms with Crippen molar-refractivity contribution in [2.75, 3.05) is 11.6 Å². The molecule has 3 aromatic rings. The summed E-state index contributed by atoms with van der Waals surface area (Å²) in [4.78, 5) is 12.5. The van der Waals surface area contributed by atoms with E-state index >= 15 is 0 Å². The maximum absolute atomic E-state index is 12.3. The molecular formula is C17H13BrClN3O4S. The lowest BCUT2D eigenvalue weighted by Gasteiger charge is -2.03. The Morgan fingerprint density at radius 2 is 1.89 bits per heavy atom. The highest BCUT2D eigenvalue weighted by Gasteiger charge is 2.15. The van der Waals surface area contributed by atoms with Crippen LogP contribution in [-0.2, 0) is 16.3 Å². The normalized spacial score (nSPS) is 11.4. The molecule has 0 bridgehead atoms. The van der Waals surface area contributed by atoms with Crippen molar-refractivity contribution < 1.29 is 17.6 Å². The van der Waals surface area contributed by atoms with Crippen LogP contribution in [0.3, 0.4) is 0 Å². The Balaban J connectivity index is 1.70. The molecule has 0 saturated heterocycles. The van der Waals surface area contributed by atoms with Crippen molar-refractivity contribution in [3.8, 4) is 0 Å². The van der Waals surface area contributed by atoms with E-state index in [9.17, 15) is 13.2 Å². The summed E-state index contributed by atoms with van der Waals surface area (Å²) in [5.41, 5.74) is 1.06. The summed E-state index contributed by atoms with van der Waals surface area (Å²) < 4.78 is 29.1. The van der Waals surface area contributed by atoms with Gasteiger partial charge >= 0.3 is 6.01 Å². The minimum absolute atomic E-state index is 0.0567. The number of aromatic nitrogens is 2. The lowest BCUT2D eigenvalue weighted by Crippen LogP contribution is -2.12. The fourth-order valence-electron chi connectivity index (χ4n) is 2.24. The molecule has 0 saturated carbocycles. The van der Waals surface area contributed by atoms with Crippen LogP contribution in [0.5, 0.6) is 0 Å². The maximum atomic E-state index is 12.3. The number of nitrogens with one attached hydrogen (secondary N) is 1. The summed E-state index contributed by atoms with van der Waals surface area (Å²) >= 11 is 9.30. The minimum atomic E-state index is -3.25. The topological polar surface area (TPSA) is 102 Å². The predicted octanol–water partition coefficient (Wildman–Crippen LogP) is 3.73. The molecule has 0 fully saturated rings. The SMILES string of the molecule is CS(=O)(=O)c1ccc(Cc2nnc(NC(=O)c3cc(Br)ccc3Cl)o2)cc1. The van der Waals surface area contributed by atoms with Crippen LogP contribution in [0.1, 0.15) is 21.8 Å². The van der Waals surface area contributed by atoms with Gasteiger partial charge in [-0.15, -0.1) is 5.10 Å². The van der Waals surface area contributed by atoms with Gasteiger partial charge in [-0.1, -0.05) is 44.8 Å². The van der Waals surface area contributed by atoms with Crippen LogP contribution in [0.15, 0.2) is 56.2 Å². The molecule has 1 heterocycles. The second kappa shape index (κ2) is 7.79. The van der Waals surface area contributed by atoms with Gasteiger partial charge < -0.3 is 4.42 Å². The number of anilines is 1. The maximum Gasteiger partial charge on any atom is 0.322 e. The number of sulfone groups is 1. The first kappa shape index (κ1) is 19.5. The van der Waals surface area contributed by atoms with Crippen LogP contribution in [-0.4, -0.2) is 30.8 Å². The van der Waals surface area contributed by atoms with Crippen molar-refractivity contribution in [2.24, 2.45) is 0 Å². The zero-order valence-corrected chi connectivity index (χ0v) is 17.1. The van der Waals surface area contributed by atoms with Gasteiger partial charge in [0.25, 0.3) is 5.91 Å². The monoisotopic (exact) mass is 469 g/mol. The molecule has 0 aliphatic rings.